The number of hydrogen-bond acceptors (Lipinski definition) is 6. The molecule has 4 aromatic rings. The molecule has 1 amide bonds. The number of furan rings is 2. The van der Waals surface area contributed by atoms with E-state index in [1.165, 1.54) is 0 Å². The Bertz CT molecular complexity index is 1130. The van der Waals surface area contributed by atoms with Crippen molar-refractivity contribution in [3.8, 4) is 17.1 Å². The van der Waals surface area contributed by atoms with Crippen LogP contribution in [0, 0.1) is 4.77 Å². The van der Waals surface area contributed by atoms with Gasteiger partial charge in [-0.05, 0) is 60.7 Å². The van der Waals surface area contributed by atoms with Crippen molar-refractivity contribution in [2.24, 2.45) is 0 Å². The minimum atomic E-state index is -0.0448. The lowest BCUT2D eigenvalue weighted by Crippen LogP contribution is -2.30. The zero-order chi connectivity index (χ0) is 21.6. The van der Waals surface area contributed by atoms with Gasteiger partial charge in [0.25, 0.3) is 0 Å². The van der Waals surface area contributed by atoms with Crippen LogP contribution in [0.4, 0.5) is 0 Å². The van der Waals surface area contributed by atoms with Crippen molar-refractivity contribution in [3.05, 3.63) is 77.3 Å². The molecule has 4 rings (SSSR count). The molecule has 0 spiro atoms. The SMILES string of the molecule is COc1ccc(-c2n[nH]c(=S)n2CCC(=O)N(Cc2ccco2)Cc2ccco2)cc1. The van der Waals surface area contributed by atoms with Crippen molar-refractivity contribution in [3.63, 3.8) is 0 Å². The minimum absolute atomic E-state index is 0.0448. The number of nitrogens with zero attached hydrogens (tertiary/aromatic N) is 3. The number of ether oxygens (including phenoxy) is 1. The molecule has 0 aliphatic heterocycles. The molecule has 0 saturated heterocycles. The molecule has 0 unspecified atom stereocenters. The fourth-order valence-electron chi connectivity index (χ4n) is 3.26. The largest absolute Gasteiger partial charge is 0.497 e. The number of aromatic nitrogens is 3. The van der Waals surface area contributed by atoms with Gasteiger partial charge in [0.2, 0.25) is 5.91 Å². The van der Waals surface area contributed by atoms with Gasteiger partial charge in [0.1, 0.15) is 17.3 Å². The van der Waals surface area contributed by atoms with Gasteiger partial charge in [-0.3, -0.25) is 14.5 Å². The van der Waals surface area contributed by atoms with Crippen LogP contribution < -0.4 is 4.74 Å². The molecule has 0 aliphatic rings. The topological polar surface area (TPSA) is 89.4 Å². The van der Waals surface area contributed by atoms with Crippen molar-refractivity contribution in [2.75, 3.05) is 7.11 Å². The lowest BCUT2D eigenvalue weighted by Gasteiger charge is -2.21. The Kier molecular flexibility index (Phi) is 6.32. The number of amides is 1. The van der Waals surface area contributed by atoms with Gasteiger partial charge in [-0.25, -0.2) is 0 Å². The summed E-state index contributed by atoms with van der Waals surface area (Å²) in [6.45, 7) is 1.10. The summed E-state index contributed by atoms with van der Waals surface area (Å²) in [6.07, 6.45) is 3.44. The summed E-state index contributed by atoms with van der Waals surface area (Å²) in [6, 6.07) is 14.8. The van der Waals surface area contributed by atoms with Crippen LogP contribution in [0.5, 0.6) is 5.75 Å². The highest BCUT2D eigenvalue weighted by atomic mass is 32.1. The standard InChI is InChI=1S/C22H22N4O4S/c1-28-17-8-6-16(7-9-17)21-23-24-22(31)26(21)11-10-20(27)25(14-18-4-2-12-29-18)15-19-5-3-13-30-19/h2-9,12-13H,10-11,14-15H2,1H3,(H,24,31). The summed E-state index contributed by atoms with van der Waals surface area (Å²) < 4.78 is 18.4. The molecular weight excluding hydrogens is 416 g/mol. The van der Waals surface area contributed by atoms with Gasteiger partial charge in [-0.15, -0.1) is 0 Å². The molecule has 0 aliphatic carbocycles. The summed E-state index contributed by atoms with van der Waals surface area (Å²) in [5.74, 6) is 2.80. The third kappa shape index (κ3) is 4.95. The molecular formula is C22H22N4O4S. The zero-order valence-corrected chi connectivity index (χ0v) is 17.8. The molecule has 0 saturated carbocycles. The van der Waals surface area contributed by atoms with E-state index in [2.05, 4.69) is 10.2 Å². The molecule has 9 heteroatoms. The number of nitrogens with one attached hydrogen (secondary N) is 1. The minimum Gasteiger partial charge on any atom is -0.497 e. The van der Waals surface area contributed by atoms with Crippen LogP contribution in [0.3, 0.4) is 0 Å². The van der Waals surface area contributed by atoms with Gasteiger partial charge in [0, 0.05) is 18.5 Å². The third-order valence-corrected chi connectivity index (χ3v) is 5.17. The first-order chi connectivity index (χ1) is 15.1. The van der Waals surface area contributed by atoms with E-state index in [4.69, 9.17) is 25.8 Å². The summed E-state index contributed by atoms with van der Waals surface area (Å²) in [4.78, 5) is 14.8. The van der Waals surface area contributed by atoms with Crippen LogP contribution in [0.15, 0.2) is 69.9 Å². The smallest absolute Gasteiger partial charge is 0.225 e. The van der Waals surface area contributed by atoms with Crippen molar-refractivity contribution in [1.82, 2.24) is 19.7 Å². The van der Waals surface area contributed by atoms with Crippen LogP contribution >= 0.6 is 12.2 Å². The first-order valence-electron chi connectivity index (χ1n) is 9.76. The van der Waals surface area contributed by atoms with E-state index in [1.54, 1.807) is 36.7 Å². The number of methoxy groups -OCH3 is 1. The predicted molar refractivity (Wildman–Crippen MR) is 116 cm³/mol. The quantitative estimate of drug-likeness (QED) is 0.389. The fraction of sp³-hybridized carbons (Fsp3) is 0.227. The number of H-pyrrole nitrogens is 1. The van der Waals surface area contributed by atoms with Gasteiger partial charge in [-0.2, -0.15) is 5.10 Å². The number of carbonyl (C=O) groups is 1. The second kappa shape index (κ2) is 9.48. The van der Waals surface area contributed by atoms with Gasteiger partial charge in [-0.1, -0.05) is 0 Å². The van der Waals surface area contributed by atoms with E-state index in [-0.39, 0.29) is 12.3 Å². The zero-order valence-electron chi connectivity index (χ0n) is 17.0. The van der Waals surface area contributed by atoms with Gasteiger partial charge in [0.15, 0.2) is 10.6 Å². The molecule has 31 heavy (non-hydrogen) atoms. The number of benzene rings is 1. The Labute approximate surface area is 184 Å². The summed E-state index contributed by atoms with van der Waals surface area (Å²) in [5.41, 5.74) is 0.878. The van der Waals surface area contributed by atoms with Crippen molar-refractivity contribution in [1.29, 1.82) is 0 Å². The van der Waals surface area contributed by atoms with Crippen LogP contribution in [0.2, 0.25) is 0 Å². The molecule has 0 bridgehead atoms. The van der Waals surface area contributed by atoms with Crippen LogP contribution in [0.25, 0.3) is 11.4 Å². The predicted octanol–water partition coefficient (Wildman–Crippen LogP) is 4.42. The van der Waals surface area contributed by atoms with Gasteiger partial charge < -0.3 is 18.5 Å². The monoisotopic (exact) mass is 438 g/mol. The lowest BCUT2D eigenvalue weighted by atomic mass is 10.2. The van der Waals surface area contributed by atoms with Crippen molar-refractivity contribution in [2.45, 2.75) is 26.1 Å². The summed E-state index contributed by atoms with van der Waals surface area (Å²) in [5, 5.41) is 7.16. The molecule has 3 aromatic heterocycles. The highest BCUT2D eigenvalue weighted by molar-refractivity contribution is 7.71. The number of aromatic amines is 1. The van der Waals surface area contributed by atoms with Gasteiger partial charge >= 0.3 is 0 Å². The van der Waals surface area contributed by atoms with E-state index in [9.17, 15) is 4.79 Å². The molecule has 0 atom stereocenters. The van der Waals surface area contributed by atoms with Crippen LogP contribution in [0.1, 0.15) is 17.9 Å². The second-order valence-electron chi connectivity index (χ2n) is 6.89. The van der Waals surface area contributed by atoms with E-state index in [0.717, 1.165) is 11.3 Å². The lowest BCUT2D eigenvalue weighted by molar-refractivity contribution is -0.133. The molecule has 160 valence electrons. The fourth-order valence-corrected chi connectivity index (χ4v) is 3.49. The average molecular weight is 439 g/mol. The highest BCUT2D eigenvalue weighted by Crippen LogP contribution is 2.21. The molecule has 0 fully saturated rings. The Balaban J connectivity index is 1.49. The Morgan fingerprint density at radius 2 is 1.74 bits per heavy atom. The summed E-state index contributed by atoms with van der Waals surface area (Å²) >= 11 is 5.39. The highest BCUT2D eigenvalue weighted by Gasteiger charge is 2.18. The van der Waals surface area contributed by atoms with E-state index < -0.39 is 0 Å². The third-order valence-electron chi connectivity index (χ3n) is 4.86. The van der Waals surface area contributed by atoms with E-state index >= 15 is 0 Å². The number of hydrogen-bond donors (Lipinski definition) is 1. The normalized spacial score (nSPS) is 10.9. The van der Waals surface area contributed by atoms with E-state index in [0.29, 0.717) is 41.8 Å². The van der Waals surface area contributed by atoms with Gasteiger partial charge in [0.05, 0.1) is 32.7 Å². The second-order valence-corrected chi connectivity index (χ2v) is 7.28. The maximum Gasteiger partial charge on any atom is 0.225 e. The Morgan fingerprint density at radius 1 is 1.10 bits per heavy atom. The van der Waals surface area contributed by atoms with E-state index in [1.807, 2.05) is 41.0 Å². The Hall–Kier alpha value is -3.59. The molecule has 1 N–H and O–H groups in total. The Morgan fingerprint density at radius 3 is 2.29 bits per heavy atom. The molecule has 0 radical (unpaired) electrons. The average Bonchev–Trinajstić information content (AvgIpc) is 3.55. The molecule has 8 nitrogen and oxygen atoms in total. The van der Waals surface area contributed by atoms with Crippen molar-refractivity contribution >= 4 is 18.1 Å². The number of carbonyl (C=O) groups excluding carboxylic acids is 1. The number of rotatable bonds is 9. The first-order valence-corrected chi connectivity index (χ1v) is 10.2. The molecule has 1 aromatic carbocycles. The molecule has 3 heterocycles. The summed E-state index contributed by atoms with van der Waals surface area (Å²) in [7, 11) is 1.62. The maximum absolute atomic E-state index is 13.1. The van der Waals surface area contributed by atoms with Crippen LogP contribution in [-0.2, 0) is 24.4 Å². The maximum atomic E-state index is 13.1. The van der Waals surface area contributed by atoms with Crippen molar-refractivity contribution < 1.29 is 18.4 Å². The van der Waals surface area contributed by atoms with Crippen LogP contribution in [-0.4, -0.2) is 32.7 Å². The first kappa shape index (κ1) is 20.7.